The van der Waals surface area contributed by atoms with Crippen LogP contribution in [0.15, 0.2) is 64.6 Å². The van der Waals surface area contributed by atoms with Crippen molar-refractivity contribution < 1.29 is 8.85 Å². The molecule has 0 radical (unpaired) electrons. The summed E-state index contributed by atoms with van der Waals surface area (Å²) in [6, 6.07) is 18.8. The van der Waals surface area contributed by atoms with E-state index in [0.29, 0.717) is 26.1 Å². The summed E-state index contributed by atoms with van der Waals surface area (Å²) in [5.74, 6) is 0. The second kappa shape index (κ2) is 13.8. The van der Waals surface area contributed by atoms with E-state index in [9.17, 15) is 0 Å². The van der Waals surface area contributed by atoms with E-state index in [1.165, 1.54) is 0 Å². The van der Waals surface area contributed by atoms with Gasteiger partial charge in [-0.15, -0.1) is 0 Å². The van der Waals surface area contributed by atoms with E-state index < -0.39 is 16.6 Å². The van der Waals surface area contributed by atoms with Gasteiger partial charge in [0, 0.05) is 26.1 Å². The monoisotopic (exact) mass is 573 g/mol. The van der Waals surface area contributed by atoms with Gasteiger partial charge in [0.25, 0.3) is 0 Å². The van der Waals surface area contributed by atoms with Crippen molar-refractivity contribution in [3.05, 3.63) is 88.2 Å². The Morgan fingerprint density at radius 1 is 0.575 bits per heavy atom. The zero-order valence-corrected chi connectivity index (χ0v) is 28.2. The van der Waals surface area contributed by atoms with Gasteiger partial charge in [-0.25, -0.2) is 4.98 Å². The fourth-order valence-electron chi connectivity index (χ4n) is 4.38. The fourth-order valence-corrected chi connectivity index (χ4v) is 5.81. The minimum Gasteiger partial charge on any atom is -0.417 e. The lowest BCUT2D eigenvalue weighted by molar-refractivity contribution is 0.323. The molecule has 0 atom stereocenters. The summed E-state index contributed by atoms with van der Waals surface area (Å²) < 4.78 is 12.5. The third-order valence-corrected chi connectivity index (χ3v) is 8.60. The third-order valence-electron chi connectivity index (χ3n) is 6.46. The molecule has 1 heterocycles. The Balaban J connectivity index is 2.08. The van der Waals surface area contributed by atoms with Crippen molar-refractivity contribution in [3.8, 4) is 0 Å². The van der Waals surface area contributed by atoms with Gasteiger partial charge in [0.05, 0.1) is 34.2 Å². The van der Waals surface area contributed by atoms with Crippen LogP contribution in [0.3, 0.4) is 0 Å². The van der Waals surface area contributed by atoms with Crippen LogP contribution in [0.2, 0.25) is 39.3 Å². The van der Waals surface area contributed by atoms with Crippen molar-refractivity contribution in [2.75, 3.05) is 13.2 Å². The highest BCUT2D eigenvalue weighted by Crippen LogP contribution is 2.27. The van der Waals surface area contributed by atoms with Gasteiger partial charge in [0.2, 0.25) is 0 Å². The molecule has 3 aromatic rings. The molecule has 0 saturated heterocycles. The molecule has 0 aliphatic heterocycles. The number of hydrogen-bond acceptors (Lipinski definition) is 5. The molecule has 214 valence electrons. The predicted molar refractivity (Wildman–Crippen MR) is 176 cm³/mol. The van der Waals surface area contributed by atoms with E-state index >= 15 is 0 Å². The van der Waals surface area contributed by atoms with E-state index in [2.05, 4.69) is 122 Å². The van der Waals surface area contributed by atoms with Gasteiger partial charge in [-0.3, -0.25) is 9.98 Å². The molecule has 0 amide bonds. The van der Waals surface area contributed by atoms with Gasteiger partial charge < -0.3 is 8.85 Å². The van der Waals surface area contributed by atoms with E-state index in [0.717, 1.165) is 56.4 Å². The van der Waals surface area contributed by atoms with Crippen molar-refractivity contribution in [1.82, 2.24) is 4.98 Å². The Morgan fingerprint density at radius 3 is 1.23 bits per heavy atom. The summed E-state index contributed by atoms with van der Waals surface area (Å²) in [6.45, 7) is 23.0. The molecule has 40 heavy (non-hydrogen) atoms. The van der Waals surface area contributed by atoms with Gasteiger partial charge >= 0.3 is 0 Å². The Kier molecular flexibility index (Phi) is 10.9. The Labute approximate surface area is 244 Å². The van der Waals surface area contributed by atoms with Gasteiger partial charge in [-0.2, -0.15) is 0 Å². The second-order valence-corrected chi connectivity index (χ2v) is 21.5. The maximum absolute atomic E-state index is 6.24. The molecule has 2 aromatic carbocycles. The van der Waals surface area contributed by atoms with Crippen molar-refractivity contribution in [2.45, 2.75) is 79.8 Å². The highest BCUT2D eigenvalue weighted by atomic mass is 28.4. The van der Waals surface area contributed by atoms with Gasteiger partial charge in [0.1, 0.15) is 0 Å². The minimum atomic E-state index is -1.66. The lowest BCUT2D eigenvalue weighted by Gasteiger charge is -2.19. The summed E-state index contributed by atoms with van der Waals surface area (Å²) in [4.78, 5) is 15.5. The second-order valence-electron chi connectivity index (χ2n) is 12.4. The number of pyridine rings is 1. The molecular weight excluding hydrogens is 527 g/mol. The van der Waals surface area contributed by atoms with Crippen molar-refractivity contribution in [1.29, 1.82) is 0 Å². The van der Waals surface area contributed by atoms with Crippen LogP contribution in [0.25, 0.3) is 0 Å². The molecule has 0 spiro atoms. The highest BCUT2D eigenvalue weighted by Gasteiger charge is 2.18. The standard InChI is InChI=1S/C33H47N3O2Si2/c1-24-14-11-15-25(2)32(24)35-30(20-22-37-39(5,6)7)28-18-13-19-29(34-28)31(21-23-38-40(8,9)10)36-33-26(3)16-12-17-27(33)4/h11-19H,20-23H2,1-10H3. The number of para-hydroxylation sites is 2. The van der Waals surface area contributed by atoms with Crippen molar-refractivity contribution in [2.24, 2.45) is 9.98 Å². The molecule has 0 fully saturated rings. The number of aryl methyl sites for hydroxylation is 4. The van der Waals surface area contributed by atoms with Crippen LogP contribution < -0.4 is 0 Å². The largest absolute Gasteiger partial charge is 0.417 e. The number of aromatic nitrogens is 1. The van der Waals surface area contributed by atoms with Crippen LogP contribution in [0, 0.1) is 27.7 Å². The number of benzene rings is 2. The van der Waals surface area contributed by atoms with Crippen LogP contribution in [0.5, 0.6) is 0 Å². The smallest absolute Gasteiger partial charge is 0.183 e. The Hall–Kier alpha value is -2.72. The summed E-state index contributed by atoms with van der Waals surface area (Å²) in [5.41, 5.74) is 10.2. The van der Waals surface area contributed by atoms with Crippen molar-refractivity contribution >= 4 is 39.4 Å². The normalized spacial score (nSPS) is 13.2. The molecule has 5 nitrogen and oxygen atoms in total. The molecule has 0 saturated carbocycles. The molecular formula is C33H47N3O2Si2. The Bertz CT molecular complexity index is 1230. The lowest BCUT2D eigenvalue weighted by atomic mass is 10.1. The minimum absolute atomic E-state index is 0.624. The number of nitrogens with zero attached hydrogens (tertiary/aromatic N) is 3. The van der Waals surface area contributed by atoms with Gasteiger partial charge in [-0.1, -0.05) is 42.5 Å². The zero-order chi connectivity index (χ0) is 29.5. The summed E-state index contributed by atoms with van der Waals surface area (Å²) in [6.07, 6.45) is 1.38. The van der Waals surface area contributed by atoms with Crippen LogP contribution in [-0.2, 0) is 8.85 Å². The SMILES string of the molecule is Cc1cccc(C)c1N=C(CCO[Si](C)(C)C)c1cccc(C(CCO[Si](C)(C)C)=Nc2c(C)cccc2C)n1. The first kappa shape index (κ1) is 31.8. The molecule has 1 aromatic heterocycles. The summed E-state index contributed by atoms with van der Waals surface area (Å²) in [5, 5.41) is 0. The average Bonchev–Trinajstić information content (AvgIpc) is 2.85. The first-order valence-corrected chi connectivity index (χ1v) is 21.1. The third kappa shape index (κ3) is 9.73. The molecule has 0 N–H and O–H groups in total. The van der Waals surface area contributed by atoms with Crippen LogP contribution >= 0.6 is 0 Å². The fraction of sp³-hybridized carbons (Fsp3) is 0.424. The lowest BCUT2D eigenvalue weighted by Crippen LogP contribution is -2.27. The summed E-state index contributed by atoms with van der Waals surface area (Å²) in [7, 11) is -3.31. The van der Waals surface area contributed by atoms with Crippen LogP contribution in [0.4, 0.5) is 11.4 Å². The molecule has 0 bridgehead atoms. The predicted octanol–water partition coefficient (Wildman–Crippen LogP) is 9.04. The number of rotatable bonds is 12. The summed E-state index contributed by atoms with van der Waals surface area (Å²) >= 11 is 0. The molecule has 0 aliphatic carbocycles. The molecule has 0 aliphatic rings. The first-order chi connectivity index (χ1) is 18.7. The van der Waals surface area contributed by atoms with E-state index in [1.807, 2.05) is 0 Å². The van der Waals surface area contributed by atoms with Crippen LogP contribution in [-0.4, -0.2) is 46.3 Å². The maximum Gasteiger partial charge on any atom is 0.183 e. The number of hydrogen-bond donors (Lipinski definition) is 0. The zero-order valence-electron chi connectivity index (χ0n) is 26.2. The van der Waals surface area contributed by atoms with Crippen molar-refractivity contribution in [3.63, 3.8) is 0 Å². The molecule has 7 heteroatoms. The van der Waals surface area contributed by atoms with E-state index in [1.54, 1.807) is 0 Å². The van der Waals surface area contributed by atoms with E-state index in [4.69, 9.17) is 23.8 Å². The average molecular weight is 574 g/mol. The number of aliphatic imine (C=N–C) groups is 2. The quantitative estimate of drug-likeness (QED) is 0.160. The van der Waals surface area contributed by atoms with E-state index in [-0.39, 0.29) is 0 Å². The maximum atomic E-state index is 6.24. The van der Waals surface area contributed by atoms with Gasteiger partial charge in [-0.05, 0) is 101 Å². The highest BCUT2D eigenvalue weighted by molar-refractivity contribution is 6.70. The molecule has 0 unspecified atom stereocenters. The topological polar surface area (TPSA) is 56.1 Å². The van der Waals surface area contributed by atoms with Gasteiger partial charge in [0.15, 0.2) is 16.6 Å². The Morgan fingerprint density at radius 2 is 0.900 bits per heavy atom. The van der Waals surface area contributed by atoms with Crippen LogP contribution in [0.1, 0.15) is 46.5 Å². The first-order valence-electron chi connectivity index (χ1n) is 14.3. The molecule has 3 rings (SSSR count).